The highest BCUT2D eigenvalue weighted by atomic mass is 19.3. The Morgan fingerprint density at radius 1 is 0.886 bits per heavy atom. The fourth-order valence-electron chi connectivity index (χ4n) is 4.51. The summed E-state index contributed by atoms with van der Waals surface area (Å²) < 4.78 is 69.5. The molecule has 1 aliphatic heterocycles. The molecule has 0 spiro atoms. The highest BCUT2D eigenvalue weighted by Crippen LogP contribution is 2.26. The van der Waals surface area contributed by atoms with Gasteiger partial charge in [0.1, 0.15) is 5.82 Å². The lowest BCUT2D eigenvalue weighted by atomic mass is 9.98. The lowest BCUT2D eigenvalue weighted by Gasteiger charge is -2.29. The minimum atomic E-state index is -3.09. The van der Waals surface area contributed by atoms with Crippen molar-refractivity contribution in [2.75, 3.05) is 13.2 Å². The minimum absolute atomic E-state index is 0.196. The number of hydrogen-bond donors (Lipinski definition) is 0. The fraction of sp³-hybridized carbons (Fsp3) is 0.429. The Kier molecular flexibility index (Phi) is 8.63. The molecule has 3 aromatic carbocycles. The fourth-order valence-corrected chi connectivity index (χ4v) is 4.51. The van der Waals surface area contributed by atoms with E-state index in [4.69, 9.17) is 9.47 Å². The van der Waals surface area contributed by atoms with Crippen LogP contribution in [0.15, 0.2) is 48.5 Å². The van der Waals surface area contributed by atoms with Crippen LogP contribution in [0.2, 0.25) is 0 Å². The molecule has 1 saturated heterocycles. The maximum Gasteiger partial charge on any atom is 0.387 e. The molecule has 1 heterocycles. The number of alkyl halides is 2. The molecule has 0 amide bonds. The average Bonchev–Trinajstić information content (AvgIpc) is 2.85. The first-order valence-corrected chi connectivity index (χ1v) is 12.1. The molecule has 0 radical (unpaired) electrons. The third-order valence-corrected chi connectivity index (χ3v) is 6.40. The van der Waals surface area contributed by atoms with Gasteiger partial charge in [0.15, 0.2) is 17.9 Å². The topological polar surface area (TPSA) is 27.7 Å². The van der Waals surface area contributed by atoms with Crippen LogP contribution in [-0.4, -0.2) is 26.1 Å². The average molecular weight is 491 g/mol. The van der Waals surface area contributed by atoms with Crippen LogP contribution in [0.1, 0.15) is 42.9 Å². The van der Waals surface area contributed by atoms with Crippen molar-refractivity contribution in [3.8, 4) is 5.75 Å². The number of fused-ring (bicyclic) bond motifs is 1. The first-order chi connectivity index (χ1) is 16.9. The largest absolute Gasteiger partial charge is 0.432 e. The maximum absolute atomic E-state index is 15.1. The van der Waals surface area contributed by atoms with Gasteiger partial charge in [-0.25, -0.2) is 8.78 Å². The van der Waals surface area contributed by atoms with Gasteiger partial charge in [-0.1, -0.05) is 49.7 Å². The maximum atomic E-state index is 15.1. The number of ether oxygens (including phenoxy) is 3. The second-order valence-electron chi connectivity index (χ2n) is 9.03. The standard InChI is InChI=1S/C28H30F4O3/c1-2-3-20-16-33-26(34-17-20)13-7-18-5-11-23-22(14-18)10-9-21(27(23)30)8-4-19-6-12-25(24(29)15-19)35-28(31)32/h5-6,9-12,14-15,20,26,28H,2-4,7-8,13,16-17H2,1H3. The number of aryl methyl sites for hydroxylation is 3. The molecule has 0 bridgehead atoms. The second-order valence-corrected chi connectivity index (χ2v) is 9.03. The van der Waals surface area contributed by atoms with Gasteiger partial charge in [-0.3, -0.25) is 0 Å². The number of rotatable bonds is 10. The summed E-state index contributed by atoms with van der Waals surface area (Å²) in [5.41, 5.74) is 2.19. The van der Waals surface area contributed by atoms with Gasteiger partial charge >= 0.3 is 6.61 Å². The molecule has 3 aromatic rings. The van der Waals surface area contributed by atoms with Crippen LogP contribution < -0.4 is 4.74 Å². The van der Waals surface area contributed by atoms with Gasteiger partial charge in [0.05, 0.1) is 13.2 Å². The molecule has 0 atom stereocenters. The molecule has 0 aliphatic carbocycles. The Balaban J connectivity index is 1.35. The zero-order valence-electron chi connectivity index (χ0n) is 19.7. The van der Waals surface area contributed by atoms with E-state index in [0.717, 1.165) is 55.9 Å². The van der Waals surface area contributed by atoms with E-state index in [1.807, 2.05) is 18.2 Å². The van der Waals surface area contributed by atoms with Crippen molar-refractivity contribution in [1.29, 1.82) is 0 Å². The van der Waals surface area contributed by atoms with Crippen molar-refractivity contribution >= 4 is 10.8 Å². The molecule has 35 heavy (non-hydrogen) atoms. The quantitative estimate of drug-likeness (QED) is 0.281. The lowest BCUT2D eigenvalue weighted by Crippen LogP contribution is -2.32. The van der Waals surface area contributed by atoms with Crippen LogP contribution in [-0.2, 0) is 28.7 Å². The summed E-state index contributed by atoms with van der Waals surface area (Å²) >= 11 is 0. The lowest BCUT2D eigenvalue weighted by molar-refractivity contribution is -0.203. The molecule has 7 heteroatoms. The molecular weight excluding hydrogens is 460 g/mol. The summed E-state index contributed by atoms with van der Waals surface area (Å²) in [6, 6.07) is 13.2. The summed E-state index contributed by atoms with van der Waals surface area (Å²) in [6.07, 6.45) is 4.30. The number of halogens is 4. The van der Waals surface area contributed by atoms with Gasteiger partial charge in [-0.15, -0.1) is 0 Å². The Bertz CT molecular complexity index is 1130. The zero-order valence-corrected chi connectivity index (χ0v) is 19.7. The zero-order chi connectivity index (χ0) is 24.8. The van der Waals surface area contributed by atoms with Crippen LogP contribution in [0, 0.1) is 17.6 Å². The molecule has 0 saturated carbocycles. The highest BCUT2D eigenvalue weighted by molar-refractivity contribution is 5.84. The van der Waals surface area contributed by atoms with E-state index in [9.17, 15) is 13.2 Å². The van der Waals surface area contributed by atoms with Gasteiger partial charge in [0, 0.05) is 17.7 Å². The molecule has 188 valence electrons. The summed E-state index contributed by atoms with van der Waals surface area (Å²) in [5, 5.41) is 1.35. The van der Waals surface area contributed by atoms with Gasteiger partial charge in [-0.2, -0.15) is 8.78 Å². The van der Waals surface area contributed by atoms with Crippen molar-refractivity contribution in [2.45, 2.75) is 58.4 Å². The Labute approximate surface area is 203 Å². The molecule has 1 fully saturated rings. The van der Waals surface area contributed by atoms with E-state index in [1.165, 1.54) is 12.1 Å². The summed E-state index contributed by atoms with van der Waals surface area (Å²) in [6.45, 7) is 0.554. The summed E-state index contributed by atoms with van der Waals surface area (Å²) in [4.78, 5) is 0. The van der Waals surface area contributed by atoms with Gasteiger partial charge in [-0.05, 0) is 59.9 Å². The third kappa shape index (κ3) is 6.73. The SMILES string of the molecule is CCCC1COC(CCc2ccc3c(F)c(CCc4ccc(OC(F)F)c(F)c4)ccc3c2)OC1. The molecule has 0 aromatic heterocycles. The number of hydrogen-bond acceptors (Lipinski definition) is 3. The number of benzene rings is 3. The second kappa shape index (κ2) is 11.9. The van der Waals surface area contributed by atoms with Crippen molar-refractivity contribution < 1.29 is 31.8 Å². The van der Waals surface area contributed by atoms with Gasteiger partial charge < -0.3 is 14.2 Å². The molecular formula is C28H30F4O3. The van der Waals surface area contributed by atoms with Crippen LogP contribution in [0.5, 0.6) is 5.75 Å². The molecule has 0 N–H and O–H groups in total. The molecule has 3 nitrogen and oxygen atoms in total. The van der Waals surface area contributed by atoms with Crippen molar-refractivity contribution in [2.24, 2.45) is 5.92 Å². The van der Waals surface area contributed by atoms with Crippen LogP contribution >= 0.6 is 0 Å². The van der Waals surface area contributed by atoms with Crippen molar-refractivity contribution in [1.82, 2.24) is 0 Å². The van der Waals surface area contributed by atoms with Crippen LogP contribution in [0.25, 0.3) is 10.8 Å². The van der Waals surface area contributed by atoms with E-state index < -0.39 is 18.2 Å². The predicted octanol–water partition coefficient (Wildman–Crippen LogP) is 7.23. The third-order valence-electron chi connectivity index (χ3n) is 6.40. The van der Waals surface area contributed by atoms with E-state index in [0.29, 0.717) is 35.3 Å². The molecule has 1 aliphatic rings. The van der Waals surface area contributed by atoms with Gasteiger partial charge in [0.2, 0.25) is 0 Å². The Hall–Kier alpha value is -2.64. The first kappa shape index (κ1) is 25.5. The minimum Gasteiger partial charge on any atom is -0.432 e. The van der Waals surface area contributed by atoms with E-state index in [1.54, 1.807) is 12.1 Å². The van der Waals surface area contributed by atoms with Crippen LogP contribution in [0.3, 0.4) is 0 Å². The Morgan fingerprint density at radius 2 is 1.63 bits per heavy atom. The highest BCUT2D eigenvalue weighted by Gasteiger charge is 2.21. The van der Waals surface area contributed by atoms with E-state index in [2.05, 4.69) is 11.7 Å². The monoisotopic (exact) mass is 490 g/mol. The summed E-state index contributed by atoms with van der Waals surface area (Å²) in [5.74, 6) is -1.18. The van der Waals surface area contributed by atoms with E-state index in [-0.39, 0.29) is 12.1 Å². The van der Waals surface area contributed by atoms with Crippen molar-refractivity contribution in [3.05, 3.63) is 76.9 Å². The van der Waals surface area contributed by atoms with Crippen molar-refractivity contribution in [3.63, 3.8) is 0 Å². The van der Waals surface area contributed by atoms with Crippen LogP contribution in [0.4, 0.5) is 17.6 Å². The normalized spacial score (nSPS) is 18.3. The summed E-state index contributed by atoms with van der Waals surface area (Å²) in [7, 11) is 0. The predicted molar refractivity (Wildman–Crippen MR) is 127 cm³/mol. The first-order valence-electron chi connectivity index (χ1n) is 12.1. The smallest absolute Gasteiger partial charge is 0.387 e. The van der Waals surface area contributed by atoms with E-state index >= 15 is 4.39 Å². The molecule has 0 unspecified atom stereocenters. The molecule has 4 rings (SSSR count). The Morgan fingerprint density at radius 3 is 2.34 bits per heavy atom. The van der Waals surface area contributed by atoms with Gasteiger partial charge in [0.25, 0.3) is 0 Å².